The lowest BCUT2D eigenvalue weighted by Gasteiger charge is -2.08. The van der Waals surface area contributed by atoms with Crippen molar-refractivity contribution < 1.29 is 4.39 Å². The molecule has 118 valence electrons. The first kappa shape index (κ1) is 14.8. The molecular formula is C19H14FN3S. The third-order valence-corrected chi connectivity index (χ3v) is 4.71. The van der Waals surface area contributed by atoms with E-state index in [1.807, 2.05) is 18.2 Å². The van der Waals surface area contributed by atoms with Gasteiger partial charge in [-0.3, -0.25) is 0 Å². The van der Waals surface area contributed by atoms with Gasteiger partial charge in [0.2, 0.25) is 0 Å². The summed E-state index contributed by atoms with van der Waals surface area (Å²) in [5.41, 5.74) is 3.26. The third-order valence-electron chi connectivity index (χ3n) is 3.83. The van der Waals surface area contributed by atoms with Crippen LogP contribution in [-0.4, -0.2) is 9.97 Å². The molecule has 2 heterocycles. The van der Waals surface area contributed by atoms with Gasteiger partial charge in [-0.25, -0.2) is 14.4 Å². The van der Waals surface area contributed by atoms with Crippen molar-refractivity contribution in [3.05, 3.63) is 77.7 Å². The Kier molecular flexibility index (Phi) is 3.92. The summed E-state index contributed by atoms with van der Waals surface area (Å²) in [5.74, 6) is 0.566. The Hall–Kier alpha value is -2.79. The highest BCUT2D eigenvalue weighted by molar-refractivity contribution is 7.17. The number of benzene rings is 2. The molecule has 0 fully saturated rings. The Morgan fingerprint density at radius 2 is 1.75 bits per heavy atom. The Labute approximate surface area is 142 Å². The zero-order valence-corrected chi connectivity index (χ0v) is 13.6. The average molecular weight is 335 g/mol. The van der Waals surface area contributed by atoms with Crippen LogP contribution in [-0.2, 0) is 6.54 Å². The average Bonchev–Trinajstić information content (AvgIpc) is 3.07. The fraction of sp³-hybridized carbons (Fsp3) is 0.0526. The molecule has 4 aromatic rings. The van der Waals surface area contributed by atoms with Gasteiger partial charge in [0.15, 0.2) is 0 Å². The number of aromatic nitrogens is 2. The number of thiophene rings is 1. The second kappa shape index (κ2) is 6.37. The van der Waals surface area contributed by atoms with E-state index in [0.717, 1.165) is 32.7 Å². The van der Waals surface area contributed by atoms with Crippen LogP contribution in [0.4, 0.5) is 10.2 Å². The predicted octanol–water partition coefficient (Wildman–Crippen LogP) is 5.11. The minimum absolute atomic E-state index is 0.229. The number of nitrogens with zero attached hydrogens (tertiary/aromatic N) is 2. The van der Waals surface area contributed by atoms with Crippen molar-refractivity contribution in [3.8, 4) is 11.1 Å². The van der Waals surface area contributed by atoms with E-state index in [1.165, 1.54) is 12.1 Å². The summed E-state index contributed by atoms with van der Waals surface area (Å²) in [4.78, 5) is 9.73. The SMILES string of the molecule is Fc1ccc(CNc2ncnc3scc(-c4ccccc4)c23)cc1. The van der Waals surface area contributed by atoms with Crippen LogP contribution >= 0.6 is 11.3 Å². The molecule has 3 nitrogen and oxygen atoms in total. The van der Waals surface area contributed by atoms with Crippen molar-refractivity contribution in [1.29, 1.82) is 0 Å². The molecule has 5 heteroatoms. The molecule has 24 heavy (non-hydrogen) atoms. The van der Waals surface area contributed by atoms with Crippen LogP contribution in [0, 0.1) is 5.82 Å². The molecule has 2 aromatic heterocycles. The molecule has 0 radical (unpaired) electrons. The molecule has 0 aliphatic carbocycles. The topological polar surface area (TPSA) is 37.8 Å². The molecule has 0 aliphatic heterocycles. The fourth-order valence-electron chi connectivity index (χ4n) is 2.63. The maximum Gasteiger partial charge on any atom is 0.139 e. The van der Waals surface area contributed by atoms with Crippen LogP contribution in [0.2, 0.25) is 0 Å². The minimum atomic E-state index is -0.229. The molecule has 0 atom stereocenters. The highest BCUT2D eigenvalue weighted by Gasteiger charge is 2.12. The summed E-state index contributed by atoms with van der Waals surface area (Å²) >= 11 is 1.61. The van der Waals surface area contributed by atoms with Gasteiger partial charge in [-0.15, -0.1) is 11.3 Å². The van der Waals surface area contributed by atoms with E-state index in [2.05, 4.69) is 32.8 Å². The van der Waals surface area contributed by atoms with Gasteiger partial charge in [-0.2, -0.15) is 0 Å². The van der Waals surface area contributed by atoms with Gasteiger partial charge in [-0.05, 0) is 23.3 Å². The van der Waals surface area contributed by atoms with Crippen molar-refractivity contribution in [2.24, 2.45) is 0 Å². The number of hydrogen-bond acceptors (Lipinski definition) is 4. The molecular weight excluding hydrogens is 321 g/mol. The Bertz CT molecular complexity index is 965. The molecule has 0 saturated heterocycles. The van der Waals surface area contributed by atoms with E-state index in [9.17, 15) is 4.39 Å². The zero-order valence-electron chi connectivity index (χ0n) is 12.7. The van der Waals surface area contributed by atoms with Gasteiger partial charge in [0.1, 0.15) is 22.8 Å². The second-order valence-electron chi connectivity index (χ2n) is 5.40. The molecule has 0 unspecified atom stereocenters. The molecule has 4 rings (SSSR count). The molecule has 0 aliphatic rings. The lowest BCUT2D eigenvalue weighted by atomic mass is 10.1. The highest BCUT2D eigenvalue weighted by Crippen LogP contribution is 2.36. The van der Waals surface area contributed by atoms with E-state index < -0.39 is 0 Å². The largest absolute Gasteiger partial charge is 0.365 e. The fourth-order valence-corrected chi connectivity index (χ4v) is 3.54. The first-order valence-electron chi connectivity index (χ1n) is 7.57. The summed E-state index contributed by atoms with van der Waals surface area (Å²) in [6, 6.07) is 16.7. The van der Waals surface area contributed by atoms with Gasteiger partial charge >= 0.3 is 0 Å². The minimum Gasteiger partial charge on any atom is -0.365 e. The molecule has 0 saturated carbocycles. The van der Waals surface area contributed by atoms with Gasteiger partial charge in [0, 0.05) is 17.5 Å². The predicted molar refractivity (Wildman–Crippen MR) is 96.6 cm³/mol. The van der Waals surface area contributed by atoms with Gasteiger partial charge < -0.3 is 5.32 Å². The molecule has 0 amide bonds. The maximum absolute atomic E-state index is 13.0. The molecule has 0 spiro atoms. The number of anilines is 1. The highest BCUT2D eigenvalue weighted by atomic mass is 32.1. The van der Waals surface area contributed by atoms with Gasteiger partial charge in [0.25, 0.3) is 0 Å². The number of fused-ring (bicyclic) bond motifs is 1. The third kappa shape index (κ3) is 2.86. The van der Waals surface area contributed by atoms with Crippen LogP contribution in [0.15, 0.2) is 66.3 Å². The van der Waals surface area contributed by atoms with Crippen molar-refractivity contribution in [2.75, 3.05) is 5.32 Å². The summed E-state index contributed by atoms with van der Waals surface area (Å²) in [6.45, 7) is 0.580. The smallest absolute Gasteiger partial charge is 0.139 e. The van der Waals surface area contributed by atoms with Crippen LogP contribution in [0.5, 0.6) is 0 Å². The molecule has 1 N–H and O–H groups in total. The molecule has 2 aromatic carbocycles. The van der Waals surface area contributed by atoms with E-state index >= 15 is 0 Å². The van der Waals surface area contributed by atoms with Crippen LogP contribution in [0.25, 0.3) is 21.3 Å². The first-order valence-corrected chi connectivity index (χ1v) is 8.45. The van der Waals surface area contributed by atoms with E-state index in [4.69, 9.17) is 0 Å². The quantitative estimate of drug-likeness (QED) is 0.563. The number of nitrogens with one attached hydrogen (secondary N) is 1. The van der Waals surface area contributed by atoms with Gasteiger partial charge in [-0.1, -0.05) is 42.5 Å². The van der Waals surface area contributed by atoms with Crippen LogP contribution < -0.4 is 5.32 Å². The van der Waals surface area contributed by atoms with Crippen LogP contribution in [0.1, 0.15) is 5.56 Å². The monoisotopic (exact) mass is 335 g/mol. The Morgan fingerprint density at radius 3 is 2.54 bits per heavy atom. The van der Waals surface area contributed by atoms with Crippen molar-refractivity contribution >= 4 is 27.4 Å². The lowest BCUT2D eigenvalue weighted by Crippen LogP contribution is -2.02. The first-order chi connectivity index (χ1) is 11.8. The maximum atomic E-state index is 13.0. The summed E-state index contributed by atoms with van der Waals surface area (Å²) in [6.07, 6.45) is 1.57. The van der Waals surface area contributed by atoms with Crippen LogP contribution in [0.3, 0.4) is 0 Å². The standard InChI is InChI=1S/C19H14FN3S/c20-15-8-6-13(7-9-15)10-21-18-17-16(14-4-2-1-3-5-14)11-24-19(17)23-12-22-18/h1-9,11-12H,10H2,(H,21,22,23). The van der Waals surface area contributed by atoms with Crippen molar-refractivity contribution in [1.82, 2.24) is 9.97 Å². The lowest BCUT2D eigenvalue weighted by molar-refractivity contribution is 0.627. The molecule has 0 bridgehead atoms. The normalized spacial score (nSPS) is 10.9. The van der Waals surface area contributed by atoms with E-state index in [1.54, 1.807) is 29.8 Å². The zero-order chi connectivity index (χ0) is 16.4. The van der Waals surface area contributed by atoms with Crippen molar-refractivity contribution in [3.63, 3.8) is 0 Å². The summed E-state index contributed by atoms with van der Waals surface area (Å²) < 4.78 is 13.0. The van der Waals surface area contributed by atoms with E-state index in [-0.39, 0.29) is 5.82 Å². The number of hydrogen-bond donors (Lipinski definition) is 1. The van der Waals surface area contributed by atoms with E-state index in [0.29, 0.717) is 6.54 Å². The van der Waals surface area contributed by atoms with Gasteiger partial charge in [0.05, 0.1) is 5.39 Å². The second-order valence-corrected chi connectivity index (χ2v) is 6.26. The number of halogens is 1. The Morgan fingerprint density at radius 1 is 0.958 bits per heavy atom. The number of rotatable bonds is 4. The van der Waals surface area contributed by atoms with Crippen molar-refractivity contribution in [2.45, 2.75) is 6.54 Å². The summed E-state index contributed by atoms with van der Waals surface area (Å²) in [7, 11) is 0. The Balaban J connectivity index is 1.70. The summed E-state index contributed by atoms with van der Waals surface area (Å²) in [5, 5.41) is 6.49.